The summed E-state index contributed by atoms with van der Waals surface area (Å²) in [5.41, 5.74) is 1.33. The average Bonchev–Trinajstić information content (AvgIpc) is 3.76. The fourth-order valence-electron chi connectivity index (χ4n) is 6.16. The monoisotopic (exact) mass is 747 g/mol. The highest BCUT2D eigenvalue weighted by Crippen LogP contribution is 2.49. The average molecular weight is 748 g/mol. The smallest absolute Gasteiger partial charge is 0.280 e. The normalized spacial score (nSPS) is 18.7. The van der Waals surface area contributed by atoms with Gasteiger partial charge < -0.3 is 28.0 Å². The predicted octanol–water partition coefficient (Wildman–Crippen LogP) is 6.00. The van der Waals surface area contributed by atoms with Gasteiger partial charge in [0.15, 0.2) is 17.7 Å². The first-order valence-electron chi connectivity index (χ1n) is 16.7. The predicted molar refractivity (Wildman–Crippen MR) is 200 cm³/mol. The summed E-state index contributed by atoms with van der Waals surface area (Å²) in [5, 5.41) is 2.66. The van der Waals surface area contributed by atoms with E-state index < -0.39 is 36.1 Å². The van der Waals surface area contributed by atoms with Crippen molar-refractivity contribution in [3.8, 4) is 11.5 Å². The lowest BCUT2D eigenvalue weighted by Crippen LogP contribution is -2.38. The molecule has 274 valence electrons. The molecule has 0 saturated carbocycles. The molecule has 15 heteroatoms. The molecular formula is C37H42N5O8PS. The number of rotatable bonds is 14. The van der Waals surface area contributed by atoms with Crippen molar-refractivity contribution in [1.29, 1.82) is 0 Å². The second-order valence-corrected chi connectivity index (χ2v) is 16.8. The van der Waals surface area contributed by atoms with Crippen LogP contribution in [-0.4, -0.2) is 72.2 Å². The number of carbonyl (C=O) groups excluding carboxylic acids is 1. The van der Waals surface area contributed by atoms with Gasteiger partial charge in [-0.3, -0.25) is 24.5 Å². The van der Waals surface area contributed by atoms with E-state index in [4.69, 9.17) is 39.8 Å². The van der Waals surface area contributed by atoms with Gasteiger partial charge in [-0.15, -0.1) is 0 Å². The largest absolute Gasteiger partial charge is 0.497 e. The summed E-state index contributed by atoms with van der Waals surface area (Å²) in [7, 11) is 4.78. The minimum Gasteiger partial charge on any atom is -0.497 e. The first-order chi connectivity index (χ1) is 25.0. The summed E-state index contributed by atoms with van der Waals surface area (Å²) < 4.78 is 38.6. The van der Waals surface area contributed by atoms with E-state index >= 15 is 0 Å². The molecule has 1 fully saturated rings. The number of fused-ring (bicyclic) bond motifs is 1. The fourth-order valence-corrected chi connectivity index (χ4v) is 7.29. The SMILES string of the molecule is COc1ccc(C(OC[C@H]2O[C@@H](n3cnc4c(=O)[nH]c(NC(=O)C(C)C)nc43)C[C@@H]2O[P@](C)(=S)OC)(c2ccccc2)c2ccc(OC)cc2)cc1. The molecule has 5 aromatic rings. The highest BCUT2D eigenvalue weighted by molar-refractivity contribution is 8.09. The van der Waals surface area contributed by atoms with Crippen LogP contribution >= 0.6 is 6.49 Å². The van der Waals surface area contributed by atoms with Crippen LogP contribution in [0.15, 0.2) is 90.0 Å². The number of imidazole rings is 1. The maximum atomic E-state index is 13.0. The summed E-state index contributed by atoms with van der Waals surface area (Å²) in [4.78, 5) is 36.9. The third-order valence-corrected chi connectivity index (χ3v) is 11.0. The van der Waals surface area contributed by atoms with Gasteiger partial charge in [-0.05, 0) is 52.8 Å². The van der Waals surface area contributed by atoms with Gasteiger partial charge >= 0.3 is 0 Å². The molecule has 4 atom stereocenters. The Balaban J connectivity index is 1.41. The van der Waals surface area contributed by atoms with Crippen LogP contribution in [-0.2, 0) is 40.7 Å². The van der Waals surface area contributed by atoms with Crippen LogP contribution in [0.5, 0.6) is 11.5 Å². The van der Waals surface area contributed by atoms with Crippen molar-refractivity contribution < 1.29 is 32.8 Å². The number of aromatic amines is 1. The van der Waals surface area contributed by atoms with Crippen LogP contribution in [0, 0.1) is 5.92 Å². The van der Waals surface area contributed by atoms with Gasteiger partial charge in [0, 0.05) is 26.1 Å². The molecule has 3 aromatic carbocycles. The zero-order valence-corrected chi connectivity index (χ0v) is 31.5. The Morgan fingerprint density at radius 3 is 2.15 bits per heavy atom. The number of carbonyl (C=O) groups is 1. The topological polar surface area (TPSA) is 148 Å². The summed E-state index contributed by atoms with van der Waals surface area (Å²) in [6.07, 6.45) is -0.0814. The molecule has 3 heterocycles. The van der Waals surface area contributed by atoms with Crippen molar-refractivity contribution >= 4 is 41.3 Å². The Labute approximate surface area is 306 Å². The van der Waals surface area contributed by atoms with Gasteiger partial charge in [-0.25, -0.2) is 4.98 Å². The number of nitrogens with one attached hydrogen (secondary N) is 2. The number of hydrogen-bond acceptors (Lipinski definition) is 11. The van der Waals surface area contributed by atoms with E-state index in [1.165, 1.54) is 13.4 Å². The van der Waals surface area contributed by atoms with Crippen LogP contribution in [0.4, 0.5) is 5.95 Å². The number of H-pyrrole nitrogens is 1. The lowest BCUT2D eigenvalue weighted by atomic mass is 9.80. The Morgan fingerprint density at radius 1 is 1.00 bits per heavy atom. The molecule has 0 spiro atoms. The second kappa shape index (κ2) is 15.7. The van der Waals surface area contributed by atoms with Crippen molar-refractivity contribution in [2.75, 3.05) is 39.9 Å². The minimum atomic E-state index is -2.68. The zero-order chi connectivity index (χ0) is 37.0. The molecule has 1 saturated heterocycles. The Bertz CT molecular complexity index is 2060. The summed E-state index contributed by atoms with van der Waals surface area (Å²) in [5.74, 6) is 0.810. The first kappa shape index (κ1) is 37.3. The van der Waals surface area contributed by atoms with E-state index in [1.807, 2.05) is 78.9 Å². The van der Waals surface area contributed by atoms with Crippen molar-refractivity contribution in [1.82, 2.24) is 19.5 Å². The van der Waals surface area contributed by atoms with Crippen molar-refractivity contribution in [2.24, 2.45) is 5.92 Å². The lowest BCUT2D eigenvalue weighted by molar-refractivity contribution is -0.118. The highest BCUT2D eigenvalue weighted by Gasteiger charge is 2.44. The molecule has 6 rings (SSSR count). The van der Waals surface area contributed by atoms with Gasteiger partial charge in [0.1, 0.15) is 29.4 Å². The second-order valence-electron chi connectivity index (χ2n) is 12.7. The van der Waals surface area contributed by atoms with Gasteiger partial charge in [0.2, 0.25) is 11.9 Å². The van der Waals surface area contributed by atoms with Crippen molar-refractivity contribution in [3.63, 3.8) is 0 Å². The highest BCUT2D eigenvalue weighted by atomic mass is 32.5. The summed E-state index contributed by atoms with van der Waals surface area (Å²) in [6.45, 7) is 2.63. The summed E-state index contributed by atoms with van der Waals surface area (Å²) >= 11 is 5.71. The van der Waals surface area contributed by atoms with Crippen LogP contribution in [0.25, 0.3) is 11.2 Å². The van der Waals surface area contributed by atoms with E-state index in [0.29, 0.717) is 17.9 Å². The van der Waals surface area contributed by atoms with Crippen LogP contribution in [0.2, 0.25) is 0 Å². The van der Waals surface area contributed by atoms with Gasteiger partial charge in [-0.1, -0.05) is 68.4 Å². The number of aromatic nitrogens is 4. The van der Waals surface area contributed by atoms with Gasteiger partial charge in [-0.2, -0.15) is 4.98 Å². The van der Waals surface area contributed by atoms with Crippen LogP contribution in [0.3, 0.4) is 0 Å². The van der Waals surface area contributed by atoms with Gasteiger partial charge in [0.25, 0.3) is 5.56 Å². The number of amides is 1. The molecule has 0 aliphatic carbocycles. The van der Waals surface area contributed by atoms with Crippen molar-refractivity contribution in [3.05, 3.63) is 112 Å². The third kappa shape index (κ3) is 7.68. The molecule has 0 bridgehead atoms. The Hall–Kier alpha value is -4.43. The third-order valence-electron chi connectivity index (χ3n) is 8.99. The zero-order valence-electron chi connectivity index (χ0n) is 29.8. The molecule has 1 aliphatic rings. The number of benzene rings is 3. The standard InChI is InChI=1S/C37H42N5O8PS/c1-23(2)34(43)40-36-39-33-32(35(44)41-36)38-22-42(33)31-20-29(50-51(6,52)47-5)30(49-31)21-48-37(24-10-8-7-9-11-24,25-12-16-27(45-3)17-13-25)26-14-18-28(46-4)19-15-26/h7-19,22-23,29-31H,20-21H2,1-6H3,(H2,39,40,41,43,44)/t29-,30+,31+,51+/m0/s1. The molecular weight excluding hydrogens is 705 g/mol. The molecule has 1 amide bonds. The quantitative estimate of drug-likeness (QED) is 0.102. The first-order valence-corrected chi connectivity index (χ1v) is 19.8. The number of anilines is 1. The molecule has 13 nitrogen and oxygen atoms in total. The number of methoxy groups -OCH3 is 2. The molecule has 1 aliphatic heterocycles. The minimum absolute atomic E-state index is 0.0127. The van der Waals surface area contributed by atoms with E-state index in [9.17, 15) is 9.59 Å². The Kier molecular flexibility index (Phi) is 11.2. The lowest BCUT2D eigenvalue weighted by Gasteiger charge is -2.37. The molecule has 2 aromatic heterocycles. The molecule has 0 unspecified atom stereocenters. The van der Waals surface area contributed by atoms with Gasteiger partial charge in [0.05, 0.1) is 33.3 Å². The van der Waals surface area contributed by atoms with E-state index in [0.717, 1.165) is 16.7 Å². The summed E-state index contributed by atoms with van der Waals surface area (Å²) in [6, 6.07) is 25.5. The van der Waals surface area contributed by atoms with E-state index in [2.05, 4.69) is 20.3 Å². The maximum absolute atomic E-state index is 13.0. The van der Waals surface area contributed by atoms with E-state index in [-0.39, 0.29) is 35.5 Å². The molecule has 52 heavy (non-hydrogen) atoms. The number of hydrogen-bond donors (Lipinski definition) is 2. The Morgan fingerprint density at radius 2 is 1.60 bits per heavy atom. The molecule has 0 radical (unpaired) electrons. The fraction of sp³-hybridized carbons (Fsp3) is 0.351. The maximum Gasteiger partial charge on any atom is 0.280 e. The number of ether oxygens (including phenoxy) is 4. The van der Waals surface area contributed by atoms with Crippen molar-refractivity contribution in [2.45, 2.75) is 44.3 Å². The number of nitrogens with zero attached hydrogens (tertiary/aromatic N) is 3. The van der Waals surface area contributed by atoms with Crippen LogP contribution in [0.1, 0.15) is 43.2 Å². The molecule has 2 N–H and O–H groups in total. The van der Waals surface area contributed by atoms with E-state index in [1.54, 1.807) is 39.3 Å². The van der Waals surface area contributed by atoms with Crippen LogP contribution < -0.4 is 20.3 Å².